The number of aromatic nitrogens is 2. The molecule has 4 aromatic rings. The van der Waals surface area contributed by atoms with E-state index in [1.165, 1.54) is 10.9 Å². The Morgan fingerprint density at radius 2 is 1.65 bits per heavy atom. The van der Waals surface area contributed by atoms with Crippen molar-refractivity contribution in [1.82, 2.24) is 20.6 Å². The summed E-state index contributed by atoms with van der Waals surface area (Å²) in [7, 11) is 0. The molecule has 0 radical (unpaired) electrons. The van der Waals surface area contributed by atoms with E-state index in [1.54, 1.807) is 48.5 Å². The van der Waals surface area contributed by atoms with E-state index < -0.39 is 11.9 Å². The van der Waals surface area contributed by atoms with E-state index >= 15 is 0 Å². The number of nitrogens with zero attached hydrogens (tertiary/aromatic N) is 3. The lowest BCUT2D eigenvalue weighted by molar-refractivity contribution is 0.0932. The molecular formula is C22H16N6O3. The van der Waals surface area contributed by atoms with Gasteiger partial charge in [0.05, 0.1) is 12.0 Å². The topological polar surface area (TPSA) is 125 Å². The van der Waals surface area contributed by atoms with Gasteiger partial charge in [-0.1, -0.05) is 36.4 Å². The monoisotopic (exact) mass is 412 g/mol. The van der Waals surface area contributed by atoms with E-state index in [1.807, 2.05) is 30.3 Å². The number of benzene rings is 2. The Kier molecular flexibility index (Phi) is 5.45. The van der Waals surface area contributed by atoms with Gasteiger partial charge < -0.3 is 9.73 Å². The van der Waals surface area contributed by atoms with Crippen molar-refractivity contribution in [2.24, 2.45) is 0 Å². The fourth-order valence-electron chi connectivity index (χ4n) is 2.94. The summed E-state index contributed by atoms with van der Waals surface area (Å²) in [6, 6.07) is 22.5. The quantitative estimate of drug-likeness (QED) is 0.443. The van der Waals surface area contributed by atoms with Crippen LogP contribution in [0.3, 0.4) is 0 Å². The lowest BCUT2D eigenvalue weighted by Gasteiger charge is -2.08. The van der Waals surface area contributed by atoms with Gasteiger partial charge in [0.2, 0.25) is 0 Å². The van der Waals surface area contributed by atoms with Crippen molar-refractivity contribution < 1.29 is 14.0 Å². The molecule has 0 aliphatic carbocycles. The number of hydrazine groups is 1. The number of furan rings is 1. The molecule has 4 rings (SSSR count). The zero-order valence-electron chi connectivity index (χ0n) is 16.1. The largest absolute Gasteiger partial charge is 0.463 e. The van der Waals surface area contributed by atoms with Crippen molar-refractivity contribution >= 4 is 17.6 Å². The van der Waals surface area contributed by atoms with Crippen molar-refractivity contribution in [3.05, 3.63) is 90.3 Å². The first-order valence-electron chi connectivity index (χ1n) is 9.22. The normalized spacial score (nSPS) is 10.2. The van der Waals surface area contributed by atoms with Crippen LogP contribution in [0.25, 0.3) is 17.1 Å². The van der Waals surface area contributed by atoms with Crippen molar-refractivity contribution in [2.45, 2.75) is 0 Å². The minimum absolute atomic E-state index is 0.0153. The summed E-state index contributed by atoms with van der Waals surface area (Å²) in [4.78, 5) is 24.8. The van der Waals surface area contributed by atoms with Crippen LogP contribution in [0.2, 0.25) is 0 Å². The maximum Gasteiger partial charge on any atom is 0.337 e. The number of hydrogen-bond donors (Lipinski definition) is 3. The van der Waals surface area contributed by atoms with E-state index in [-0.39, 0.29) is 11.3 Å². The fourth-order valence-corrected chi connectivity index (χ4v) is 2.94. The summed E-state index contributed by atoms with van der Waals surface area (Å²) < 4.78 is 6.91. The maximum absolute atomic E-state index is 12.7. The first-order valence-corrected chi connectivity index (χ1v) is 9.22. The van der Waals surface area contributed by atoms with Crippen LogP contribution in [0.15, 0.2) is 83.5 Å². The Bertz CT molecular complexity index is 1240. The van der Waals surface area contributed by atoms with Gasteiger partial charge in [-0.2, -0.15) is 10.4 Å². The van der Waals surface area contributed by atoms with Crippen LogP contribution >= 0.6 is 0 Å². The van der Waals surface area contributed by atoms with Crippen LogP contribution in [0.4, 0.5) is 10.5 Å². The summed E-state index contributed by atoms with van der Waals surface area (Å²) in [6.45, 7) is 0. The number of nitrogens with one attached hydrogen (secondary N) is 3. The Hall–Kier alpha value is -4.84. The molecule has 3 N–H and O–H groups in total. The first kappa shape index (κ1) is 19.5. The lowest BCUT2D eigenvalue weighted by Crippen LogP contribution is -2.44. The third kappa shape index (κ3) is 4.13. The van der Waals surface area contributed by atoms with Crippen LogP contribution in [0.5, 0.6) is 0 Å². The minimum Gasteiger partial charge on any atom is -0.463 e. The number of hydrogen-bond acceptors (Lipinski definition) is 5. The molecule has 152 valence electrons. The molecule has 0 saturated heterocycles. The SMILES string of the molecule is N#Cc1c(C(=O)NNC(=O)Nc2ccccc2)nn(-c2ccccc2)c1-c1ccco1. The van der Waals surface area contributed by atoms with Gasteiger partial charge in [-0.25, -0.2) is 14.9 Å². The average molecular weight is 412 g/mol. The van der Waals surface area contributed by atoms with Gasteiger partial charge in [0.15, 0.2) is 11.5 Å². The summed E-state index contributed by atoms with van der Waals surface area (Å²) in [5.74, 6) is -0.371. The Morgan fingerprint density at radius 3 is 2.29 bits per heavy atom. The predicted octanol–water partition coefficient (Wildman–Crippen LogP) is 3.47. The van der Waals surface area contributed by atoms with Crippen LogP contribution in [-0.2, 0) is 0 Å². The second-order valence-electron chi connectivity index (χ2n) is 6.31. The predicted molar refractivity (Wildman–Crippen MR) is 112 cm³/mol. The highest BCUT2D eigenvalue weighted by Crippen LogP contribution is 2.29. The van der Waals surface area contributed by atoms with Gasteiger partial charge in [0.25, 0.3) is 5.91 Å². The lowest BCUT2D eigenvalue weighted by atomic mass is 10.1. The van der Waals surface area contributed by atoms with Crippen molar-refractivity contribution in [2.75, 3.05) is 5.32 Å². The second kappa shape index (κ2) is 8.67. The molecule has 9 nitrogen and oxygen atoms in total. The number of amides is 3. The summed E-state index contributed by atoms with van der Waals surface area (Å²) in [5, 5.41) is 16.6. The molecule has 0 fully saturated rings. The number of urea groups is 1. The van der Waals surface area contributed by atoms with E-state index in [2.05, 4.69) is 21.3 Å². The molecule has 31 heavy (non-hydrogen) atoms. The molecule has 2 aromatic carbocycles. The number of anilines is 1. The molecule has 9 heteroatoms. The van der Waals surface area contributed by atoms with Crippen LogP contribution in [-0.4, -0.2) is 21.7 Å². The van der Waals surface area contributed by atoms with E-state index in [9.17, 15) is 14.9 Å². The highest BCUT2D eigenvalue weighted by molar-refractivity contribution is 5.99. The highest BCUT2D eigenvalue weighted by Gasteiger charge is 2.26. The summed E-state index contributed by atoms with van der Waals surface area (Å²) in [6.07, 6.45) is 1.47. The van der Waals surface area contributed by atoms with Crippen LogP contribution in [0, 0.1) is 11.3 Å². The van der Waals surface area contributed by atoms with Gasteiger partial charge >= 0.3 is 6.03 Å². The zero-order valence-corrected chi connectivity index (χ0v) is 16.1. The number of nitriles is 1. The first-order chi connectivity index (χ1) is 15.2. The minimum atomic E-state index is -0.748. The van der Waals surface area contributed by atoms with Gasteiger partial charge in [0, 0.05) is 5.69 Å². The van der Waals surface area contributed by atoms with Gasteiger partial charge in [-0.3, -0.25) is 10.2 Å². The second-order valence-corrected chi connectivity index (χ2v) is 6.31. The molecule has 0 bridgehead atoms. The third-order valence-corrected chi connectivity index (χ3v) is 4.29. The molecule has 0 spiro atoms. The van der Waals surface area contributed by atoms with Gasteiger partial charge in [0.1, 0.15) is 17.3 Å². The van der Waals surface area contributed by atoms with Gasteiger partial charge in [-0.05, 0) is 36.4 Å². The third-order valence-electron chi connectivity index (χ3n) is 4.29. The van der Waals surface area contributed by atoms with Crippen LogP contribution in [0.1, 0.15) is 16.1 Å². The molecule has 2 aromatic heterocycles. The Balaban J connectivity index is 1.61. The van der Waals surface area contributed by atoms with Crippen molar-refractivity contribution in [3.8, 4) is 23.2 Å². The maximum atomic E-state index is 12.7. The van der Waals surface area contributed by atoms with Gasteiger partial charge in [-0.15, -0.1) is 0 Å². The van der Waals surface area contributed by atoms with Crippen LogP contribution < -0.4 is 16.2 Å². The standard InChI is InChI=1S/C22H16N6O3/c23-14-17-19(21(29)25-26-22(30)24-15-8-3-1-4-9-15)27-28(16-10-5-2-6-11-16)20(17)18-12-7-13-31-18/h1-13H,(H,25,29)(H2,24,26,30). The molecule has 0 aliphatic heterocycles. The number of carbonyl (C=O) groups is 2. The smallest absolute Gasteiger partial charge is 0.337 e. The van der Waals surface area contributed by atoms with E-state index in [0.29, 0.717) is 22.8 Å². The molecule has 0 aliphatic rings. The Labute approximate surface area is 176 Å². The highest BCUT2D eigenvalue weighted by atomic mass is 16.3. The molecule has 0 saturated carbocycles. The number of para-hydroxylation sites is 2. The molecule has 0 unspecified atom stereocenters. The number of carbonyl (C=O) groups excluding carboxylic acids is 2. The molecule has 3 amide bonds. The van der Waals surface area contributed by atoms with Crippen molar-refractivity contribution in [1.29, 1.82) is 5.26 Å². The Morgan fingerprint density at radius 1 is 0.935 bits per heavy atom. The fraction of sp³-hybridized carbons (Fsp3) is 0. The summed E-state index contributed by atoms with van der Waals surface area (Å²) >= 11 is 0. The average Bonchev–Trinajstić information content (AvgIpc) is 3.46. The van der Waals surface area contributed by atoms with E-state index in [0.717, 1.165) is 0 Å². The molecule has 0 atom stereocenters. The summed E-state index contributed by atoms with van der Waals surface area (Å²) in [5.41, 5.74) is 5.91. The number of rotatable bonds is 4. The zero-order chi connectivity index (χ0) is 21.6. The molecule has 2 heterocycles. The van der Waals surface area contributed by atoms with Crippen molar-refractivity contribution in [3.63, 3.8) is 0 Å². The van der Waals surface area contributed by atoms with E-state index in [4.69, 9.17) is 4.42 Å². The molecular weight excluding hydrogens is 396 g/mol.